The number of rotatable bonds is 3. The van der Waals surface area contributed by atoms with E-state index in [-0.39, 0.29) is 5.54 Å². The highest BCUT2D eigenvalue weighted by atomic mass is 79.9. The van der Waals surface area contributed by atoms with Crippen molar-refractivity contribution in [1.82, 2.24) is 15.5 Å². The lowest BCUT2D eigenvalue weighted by atomic mass is 10.1. The molecule has 0 saturated carbocycles. The van der Waals surface area contributed by atoms with Crippen molar-refractivity contribution >= 4 is 27.3 Å². The maximum atomic E-state index is 4.30. The van der Waals surface area contributed by atoms with Gasteiger partial charge in [0.25, 0.3) is 0 Å². The van der Waals surface area contributed by atoms with Gasteiger partial charge in [0, 0.05) is 15.6 Å². The molecule has 0 radical (unpaired) electrons. The van der Waals surface area contributed by atoms with Gasteiger partial charge in [0.05, 0.1) is 6.54 Å². The van der Waals surface area contributed by atoms with Crippen LogP contribution in [0.3, 0.4) is 0 Å². The second kappa shape index (κ2) is 5.69. The van der Waals surface area contributed by atoms with Crippen LogP contribution in [-0.2, 0) is 6.54 Å². The van der Waals surface area contributed by atoms with Crippen LogP contribution in [0.2, 0.25) is 0 Å². The Balaban J connectivity index is 2.19. The third-order valence-electron chi connectivity index (χ3n) is 2.73. The Kier molecular flexibility index (Phi) is 4.38. The van der Waals surface area contributed by atoms with E-state index in [0.717, 1.165) is 26.6 Å². The van der Waals surface area contributed by atoms with Crippen molar-refractivity contribution in [2.75, 3.05) is 0 Å². The van der Waals surface area contributed by atoms with Crippen LogP contribution in [0.5, 0.6) is 0 Å². The van der Waals surface area contributed by atoms with E-state index in [2.05, 4.69) is 65.2 Å². The molecule has 0 saturated heterocycles. The summed E-state index contributed by atoms with van der Waals surface area (Å²) in [5.41, 5.74) is 2.44. The van der Waals surface area contributed by atoms with Crippen molar-refractivity contribution in [2.45, 2.75) is 39.8 Å². The molecule has 19 heavy (non-hydrogen) atoms. The van der Waals surface area contributed by atoms with Gasteiger partial charge in [0.15, 0.2) is 0 Å². The molecule has 0 aliphatic carbocycles. The minimum Gasteiger partial charge on any atom is -0.306 e. The van der Waals surface area contributed by atoms with Crippen LogP contribution in [-0.4, -0.2) is 15.7 Å². The maximum Gasteiger partial charge on any atom is 0.148 e. The van der Waals surface area contributed by atoms with Gasteiger partial charge in [-0.15, -0.1) is 10.2 Å². The van der Waals surface area contributed by atoms with Crippen LogP contribution in [0.15, 0.2) is 22.7 Å². The summed E-state index contributed by atoms with van der Waals surface area (Å²) in [4.78, 5) is 0. The van der Waals surface area contributed by atoms with E-state index in [4.69, 9.17) is 0 Å². The zero-order valence-electron chi connectivity index (χ0n) is 11.6. The van der Waals surface area contributed by atoms with E-state index in [0.29, 0.717) is 0 Å². The molecular weight excluding hydrogens is 322 g/mol. The van der Waals surface area contributed by atoms with Gasteiger partial charge in [0.2, 0.25) is 0 Å². The van der Waals surface area contributed by atoms with Crippen LogP contribution in [0.4, 0.5) is 0 Å². The number of nitrogens with zero attached hydrogens (tertiary/aromatic N) is 2. The molecular formula is C14H18BrN3S. The monoisotopic (exact) mass is 339 g/mol. The van der Waals surface area contributed by atoms with Gasteiger partial charge in [0.1, 0.15) is 10.0 Å². The molecule has 1 N–H and O–H groups in total. The first-order valence-electron chi connectivity index (χ1n) is 6.20. The third kappa shape index (κ3) is 3.84. The fourth-order valence-electron chi connectivity index (χ4n) is 1.61. The first kappa shape index (κ1) is 14.6. The van der Waals surface area contributed by atoms with Gasteiger partial charge in [-0.3, -0.25) is 0 Å². The number of hydrogen-bond donors (Lipinski definition) is 1. The summed E-state index contributed by atoms with van der Waals surface area (Å²) in [6.45, 7) is 9.29. The SMILES string of the molecule is Cc1c(Br)cccc1-c1nnc(CNC(C)(C)C)s1. The molecule has 1 aromatic carbocycles. The Morgan fingerprint density at radius 2 is 2.00 bits per heavy atom. The number of halogens is 1. The molecule has 102 valence electrons. The fourth-order valence-corrected chi connectivity index (χ4v) is 2.84. The number of nitrogens with one attached hydrogen (secondary N) is 1. The van der Waals surface area contributed by atoms with Gasteiger partial charge >= 0.3 is 0 Å². The molecule has 0 fully saturated rings. The summed E-state index contributed by atoms with van der Waals surface area (Å²) in [6, 6.07) is 6.16. The Morgan fingerprint density at radius 1 is 1.26 bits per heavy atom. The molecule has 3 nitrogen and oxygen atoms in total. The van der Waals surface area contributed by atoms with Crippen LogP contribution in [0, 0.1) is 6.92 Å². The molecule has 0 aliphatic heterocycles. The largest absolute Gasteiger partial charge is 0.306 e. The lowest BCUT2D eigenvalue weighted by Gasteiger charge is -2.19. The van der Waals surface area contributed by atoms with E-state index < -0.39 is 0 Å². The summed E-state index contributed by atoms with van der Waals surface area (Å²) >= 11 is 5.20. The van der Waals surface area contributed by atoms with Crippen molar-refractivity contribution in [3.05, 3.63) is 33.2 Å². The van der Waals surface area contributed by atoms with E-state index in [1.165, 1.54) is 5.56 Å². The minimum atomic E-state index is 0.0948. The molecule has 0 bridgehead atoms. The molecule has 5 heteroatoms. The first-order chi connectivity index (χ1) is 8.87. The molecule has 0 unspecified atom stereocenters. The molecule has 1 heterocycles. The predicted octanol–water partition coefficient (Wildman–Crippen LogP) is 4.16. The number of aromatic nitrogens is 2. The number of hydrogen-bond acceptors (Lipinski definition) is 4. The van der Waals surface area contributed by atoms with E-state index in [9.17, 15) is 0 Å². The van der Waals surface area contributed by atoms with Crippen molar-refractivity contribution in [2.24, 2.45) is 0 Å². The lowest BCUT2D eigenvalue weighted by molar-refractivity contribution is 0.423. The Bertz CT molecular complexity index is 572. The van der Waals surface area contributed by atoms with Crippen molar-refractivity contribution in [3.63, 3.8) is 0 Å². The van der Waals surface area contributed by atoms with E-state index >= 15 is 0 Å². The zero-order chi connectivity index (χ0) is 14.0. The highest BCUT2D eigenvalue weighted by Gasteiger charge is 2.13. The fraction of sp³-hybridized carbons (Fsp3) is 0.429. The van der Waals surface area contributed by atoms with Crippen LogP contribution < -0.4 is 5.32 Å². The Morgan fingerprint density at radius 3 is 2.68 bits per heavy atom. The van der Waals surface area contributed by atoms with Crippen molar-refractivity contribution in [1.29, 1.82) is 0 Å². The molecule has 2 rings (SSSR count). The van der Waals surface area contributed by atoms with Crippen molar-refractivity contribution < 1.29 is 0 Å². The van der Waals surface area contributed by atoms with Crippen LogP contribution in [0.25, 0.3) is 10.6 Å². The molecule has 0 spiro atoms. The van der Waals surface area contributed by atoms with Gasteiger partial charge in [-0.1, -0.05) is 39.4 Å². The summed E-state index contributed by atoms with van der Waals surface area (Å²) in [7, 11) is 0. The van der Waals surface area contributed by atoms with Crippen LogP contribution in [0.1, 0.15) is 31.3 Å². The third-order valence-corrected chi connectivity index (χ3v) is 4.55. The molecule has 0 aliphatic rings. The molecule has 1 aromatic heterocycles. The van der Waals surface area contributed by atoms with Gasteiger partial charge in [-0.2, -0.15) is 0 Å². The first-order valence-corrected chi connectivity index (χ1v) is 7.81. The highest BCUT2D eigenvalue weighted by molar-refractivity contribution is 9.10. The van der Waals surface area contributed by atoms with E-state index in [1.807, 2.05) is 12.1 Å². The normalized spacial score (nSPS) is 11.8. The predicted molar refractivity (Wildman–Crippen MR) is 84.4 cm³/mol. The van der Waals surface area contributed by atoms with Crippen LogP contribution >= 0.6 is 27.3 Å². The summed E-state index contributed by atoms with van der Waals surface area (Å²) in [5, 5.41) is 14.0. The zero-order valence-corrected chi connectivity index (χ0v) is 14.0. The Hall–Kier alpha value is -0.780. The van der Waals surface area contributed by atoms with E-state index in [1.54, 1.807) is 11.3 Å². The van der Waals surface area contributed by atoms with Gasteiger partial charge in [-0.05, 0) is 39.3 Å². The quantitative estimate of drug-likeness (QED) is 0.912. The summed E-state index contributed by atoms with van der Waals surface area (Å²) in [5.74, 6) is 0. The standard InChI is InChI=1S/C14H18BrN3S/c1-9-10(6-5-7-11(9)15)13-18-17-12(19-13)8-16-14(2,3)4/h5-7,16H,8H2,1-4H3. The second-order valence-corrected chi connectivity index (χ2v) is 7.43. The molecule has 0 atom stereocenters. The topological polar surface area (TPSA) is 37.8 Å². The summed E-state index contributed by atoms with van der Waals surface area (Å²) in [6.07, 6.45) is 0. The van der Waals surface area contributed by atoms with Crippen molar-refractivity contribution in [3.8, 4) is 10.6 Å². The van der Waals surface area contributed by atoms with Gasteiger partial charge < -0.3 is 5.32 Å². The minimum absolute atomic E-state index is 0.0948. The molecule has 0 amide bonds. The average molecular weight is 340 g/mol. The average Bonchev–Trinajstić information content (AvgIpc) is 2.78. The van der Waals surface area contributed by atoms with Gasteiger partial charge in [-0.25, -0.2) is 0 Å². The maximum absolute atomic E-state index is 4.30. The second-order valence-electron chi connectivity index (χ2n) is 5.52. The Labute approximate surface area is 126 Å². The smallest absolute Gasteiger partial charge is 0.148 e. The number of benzene rings is 1. The summed E-state index contributed by atoms with van der Waals surface area (Å²) < 4.78 is 1.11. The molecule has 2 aromatic rings. The highest BCUT2D eigenvalue weighted by Crippen LogP contribution is 2.30. The lowest BCUT2D eigenvalue weighted by Crippen LogP contribution is -2.35.